The van der Waals surface area contributed by atoms with Crippen molar-refractivity contribution >= 4 is 17.3 Å². The van der Waals surface area contributed by atoms with Gasteiger partial charge in [-0.1, -0.05) is 0 Å². The highest BCUT2D eigenvalue weighted by Crippen LogP contribution is 2.35. The van der Waals surface area contributed by atoms with Crippen LogP contribution in [0.3, 0.4) is 0 Å². The molecule has 5 nitrogen and oxygen atoms in total. The van der Waals surface area contributed by atoms with Crippen LogP contribution in [-0.4, -0.2) is 15.7 Å². The summed E-state index contributed by atoms with van der Waals surface area (Å²) in [6.45, 7) is 1.69. The van der Waals surface area contributed by atoms with Crippen molar-refractivity contribution in [3.63, 3.8) is 0 Å². The Bertz CT molecular complexity index is 691. The molecule has 0 fully saturated rings. The van der Waals surface area contributed by atoms with Crippen LogP contribution in [0, 0.1) is 6.92 Å². The lowest BCUT2D eigenvalue weighted by atomic mass is 10.1. The minimum atomic E-state index is -4.57. The van der Waals surface area contributed by atoms with E-state index in [-0.39, 0.29) is 5.69 Å². The van der Waals surface area contributed by atoms with Gasteiger partial charge in [-0.05, 0) is 25.1 Å². The molecule has 1 amide bonds. The number of nitrogen functional groups attached to an aromatic ring is 1. The molecule has 0 spiro atoms. The van der Waals surface area contributed by atoms with Gasteiger partial charge in [0.25, 0.3) is 5.91 Å². The molecule has 0 saturated carbocycles. The maximum atomic E-state index is 12.8. The van der Waals surface area contributed by atoms with Crippen LogP contribution < -0.4 is 11.1 Å². The third-order valence-electron chi connectivity index (χ3n) is 3.10. The molecular weight excluding hydrogens is 285 g/mol. The number of rotatable bonds is 2. The molecule has 0 unspecified atom stereocenters. The number of nitrogens with two attached hydrogens (primary N) is 1. The average molecular weight is 298 g/mol. The Morgan fingerprint density at radius 3 is 2.57 bits per heavy atom. The molecule has 0 saturated heterocycles. The Morgan fingerprint density at radius 1 is 1.38 bits per heavy atom. The molecule has 1 heterocycles. The summed E-state index contributed by atoms with van der Waals surface area (Å²) in [6.07, 6.45) is -3.22. The van der Waals surface area contributed by atoms with E-state index in [0.717, 1.165) is 12.1 Å². The quantitative estimate of drug-likeness (QED) is 0.837. The van der Waals surface area contributed by atoms with Crippen LogP contribution in [0.5, 0.6) is 0 Å². The maximum Gasteiger partial charge on any atom is 0.418 e. The van der Waals surface area contributed by atoms with E-state index in [2.05, 4.69) is 10.4 Å². The van der Waals surface area contributed by atoms with Crippen LogP contribution >= 0.6 is 0 Å². The minimum absolute atomic E-state index is 0.0183. The fourth-order valence-electron chi connectivity index (χ4n) is 1.80. The van der Waals surface area contributed by atoms with Gasteiger partial charge >= 0.3 is 6.18 Å². The van der Waals surface area contributed by atoms with E-state index < -0.39 is 23.3 Å². The van der Waals surface area contributed by atoms with E-state index in [0.29, 0.717) is 11.3 Å². The molecule has 8 heteroatoms. The van der Waals surface area contributed by atoms with Gasteiger partial charge in [-0.2, -0.15) is 18.3 Å². The van der Waals surface area contributed by atoms with Gasteiger partial charge in [0.1, 0.15) is 0 Å². The fourth-order valence-corrected chi connectivity index (χ4v) is 1.80. The van der Waals surface area contributed by atoms with E-state index >= 15 is 0 Å². The lowest BCUT2D eigenvalue weighted by Crippen LogP contribution is -2.15. The van der Waals surface area contributed by atoms with Gasteiger partial charge in [0, 0.05) is 24.1 Å². The number of carbonyl (C=O) groups is 1. The highest BCUT2D eigenvalue weighted by atomic mass is 19.4. The molecule has 112 valence electrons. The van der Waals surface area contributed by atoms with Crippen molar-refractivity contribution < 1.29 is 18.0 Å². The average Bonchev–Trinajstić information content (AvgIpc) is 2.71. The van der Waals surface area contributed by atoms with Crippen LogP contribution in [0.4, 0.5) is 24.5 Å². The maximum absolute atomic E-state index is 12.8. The molecule has 2 aromatic rings. The first-order chi connectivity index (χ1) is 9.70. The summed E-state index contributed by atoms with van der Waals surface area (Å²) in [6, 6.07) is 3.22. The lowest BCUT2D eigenvalue weighted by molar-refractivity contribution is -0.136. The van der Waals surface area contributed by atoms with Crippen LogP contribution in [0.2, 0.25) is 0 Å². The molecule has 0 atom stereocenters. The number of hydrogen-bond acceptors (Lipinski definition) is 3. The van der Waals surface area contributed by atoms with Crippen molar-refractivity contribution in [3.05, 3.63) is 41.2 Å². The lowest BCUT2D eigenvalue weighted by Gasteiger charge is -2.12. The van der Waals surface area contributed by atoms with E-state index in [1.165, 1.54) is 16.9 Å². The van der Waals surface area contributed by atoms with Gasteiger partial charge in [-0.25, -0.2) is 0 Å². The predicted molar refractivity (Wildman–Crippen MR) is 71.8 cm³/mol. The summed E-state index contributed by atoms with van der Waals surface area (Å²) in [4.78, 5) is 12.0. The van der Waals surface area contributed by atoms with E-state index in [4.69, 9.17) is 5.73 Å². The number of aromatic nitrogens is 2. The van der Waals surface area contributed by atoms with Crippen molar-refractivity contribution in [2.45, 2.75) is 13.1 Å². The summed E-state index contributed by atoms with van der Waals surface area (Å²) < 4.78 is 39.8. The highest BCUT2D eigenvalue weighted by Gasteiger charge is 2.33. The summed E-state index contributed by atoms with van der Waals surface area (Å²) in [5.74, 6) is -0.529. The molecule has 0 aliphatic heterocycles. The zero-order chi connectivity index (χ0) is 15.8. The van der Waals surface area contributed by atoms with Gasteiger partial charge in [0.15, 0.2) is 0 Å². The molecule has 1 aromatic heterocycles. The van der Waals surface area contributed by atoms with Gasteiger partial charge in [-0.15, -0.1) is 0 Å². The number of benzene rings is 1. The number of hydrogen-bond donors (Lipinski definition) is 2. The second kappa shape index (κ2) is 5.12. The summed E-state index contributed by atoms with van der Waals surface area (Å²) in [5, 5.41) is 6.31. The zero-order valence-corrected chi connectivity index (χ0v) is 11.3. The monoisotopic (exact) mass is 298 g/mol. The molecule has 0 bridgehead atoms. The number of anilines is 2. The van der Waals surface area contributed by atoms with Crippen molar-refractivity contribution in [2.24, 2.45) is 7.05 Å². The highest BCUT2D eigenvalue weighted by molar-refractivity contribution is 6.05. The third kappa shape index (κ3) is 2.99. The smallest absolute Gasteiger partial charge is 0.398 e. The Hall–Kier alpha value is -2.51. The van der Waals surface area contributed by atoms with Crippen LogP contribution in [0.25, 0.3) is 0 Å². The van der Waals surface area contributed by atoms with Crippen molar-refractivity contribution in [3.8, 4) is 0 Å². The largest absolute Gasteiger partial charge is 0.418 e. The van der Waals surface area contributed by atoms with Gasteiger partial charge in [-0.3, -0.25) is 9.48 Å². The van der Waals surface area contributed by atoms with E-state index in [1.54, 1.807) is 14.0 Å². The Balaban J connectivity index is 2.28. The van der Waals surface area contributed by atoms with Gasteiger partial charge in [0.2, 0.25) is 0 Å². The fraction of sp³-hybridized carbons (Fsp3) is 0.231. The number of carbonyl (C=O) groups excluding carboxylic acids is 1. The van der Waals surface area contributed by atoms with Gasteiger partial charge in [0.05, 0.1) is 17.3 Å². The number of nitrogens with one attached hydrogen (secondary N) is 1. The van der Waals surface area contributed by atoms with E-state index in [1.807, 2.05) is 0 Å². The molecule has 3 N–H and O–H groups in total. The number of amides is 1. The molecule has 0 aliphatic carbocycles. The van der Waals surface area contributed by atoms with Crippen LogP contribution in [0.1, 0.15) is 21.6 Å². The zero-order valence-electron chi connectivity index (χ0n) is 11.3. The molecular formula is C13H13F3N4O. The first-order valence-corrected chi connectivity index (χ1v) is 5.97. The second-order valence-electron chi connectivity index (χ2n) is 4.52. The van der Waals surface area contributed by atoms with E-state index in [9.17, 15) is 18.0 Å². The molecule has 2 rings (SSSR count). The predicted octanol–water partition coefficient (Wildman–Crippen LogP) is 2.58. The number of halogens is 3. The van der Waals surface area contributed by atoms with Crippen LogP contribution in [-0.2, 0) is 13.2 Å². The molecule has 0 aliphatic rings. The normalized spacial score (nSPS) is 11.5. The number of nitrogens with zero attached hydrogens (tertiary/aromatic N) is 2. The van der Waals surface area contributed by atoms with Crippen molar-refractivity contribution in [2.75, 3.05) is 11.1 Å². The third-order valence-corrected chi connectivity index (χ3v) is 3.10. The Morgan fingerprint density at radius 2 is 2.05 bits per heavy atom. The minimum Gasteiger partial charge on any atom is -0.398 e. The standard InChI is InChI=1S/C13H13F3N4O/c1-7-9(6-18-20(7)2)12(21)19-8-3-4-11(17)10(5-8)13(14,15)16/h3-6H,17H2,1-2H3,(H,19,21). The molecule has 0 radical (unpaired) electrons. The Kier molecular flexibility index (Phi) is 3.63. The summed E-state index contributed by atoms with van der Waals surface area (Å²) >= 11 is 0. The topological polar surface area (TPSA) is 72.9 Å². The van der Waals surface area contributed by atoms with Crippen LogP contribution in [0.15, 0.2) is 24.4 Å². The SMILES string of the molecule is Cc1c(C(=O)Nc2ccc(N)c(C(F)(F)F)c2)cnn1C. The first kappa shape index (κ1) is 14.9. The second-order valence-corrected chi connectivity index (χ2v) is 4.52. The van der Waals surface area contributed by atoms with Crippen molar-refractivity contribution in [1.82, 2.24) is 9.78 Å². The van der Waals surface area contributed by atoms with Gasteiger partial charge < -0.3 is 11.1 Å². The van der Waals surface area contributed by atoms with Crippen molar-refractivity contribution in [1.29, 1.82) is 0 Å². The number of alkyl halides is 3. The first-order valence-electron chi connectivity index (χ1n) is 5.97. The summed E-state index contributed by atoms with van der Waals surface area (Å²) in [5.41, 5.74) is 4.85. The molecule has 21 heavy (non-hydrogen) atoms. The molecule has 1 aromatic carbocycles. The number of aryl methyl sites for hydroxylation is 1. The summed E-state index contributed by atoms with van der Waals surface area (Å²) in [7, 11) is 1.66. The Labute approximate surface area is 118 Å².